The molecule has 0 bridgehead atoms. The van der Waals surface area contributed by atoms with Crippen molar-refractivity contribution in [3.05, 3.63) is 59.4 Å². The summed E-state index contributed by atoms with van der Waals surface area (Å²) < 4.78 is 1.77. The lowest BCUT2D eigenvalue weighted by Crippen LogP contribution is -2.16. The van der Waals surface area contributed by atoms with Crippen LogP contribution in [0.3, 0.4) is 0 Å². The highest BCUT2D eigenvalue weighted by molar-refractivity contribution is 5.97. The maximum absolute atomic E-state index is 12.7. The molecule has 130 valence electrons. The van der Waals surface area contributed by atoms with Crippen molar-refractivity contribution in [3.63, 3.8) is 0 Å². The summed E-state index contributed by atoms with van der Waals surface area (Å²) in [4.78, 5) is 19.2. The summed E-state index contributed by atoms with van der Waals surface area (Å²) >= 11 is 0. The molecule has 5 heteroatoms. The first-order valence-corrected chi connectivity index (χ1v) is 8.40. The number of benzene rings is 1. The van der Waals surface area contributed by atoms with Gasteiger partial charge in [-0.25, -0.2) is 4.98 Å². The van der Waals surface area contributed by atoms with Gasteiger partial charge in [0, 0.05) is 31.8 Å². The van der Waals surface area contributed by atoms with Crippen LogP contribution in [0.5, 0.6) is 0 Å². The van der Waals surface area contributed by atoms with Crippen LogP contribution in [0.4, 0.5) is 5.82 Å². The number of aromatic nitrogens is 3. The lowest BCUT2D eigenvalue weighted by atomic mass is 9.86. The van der Waals surface area contributed by atoms with Crippen molar-refractivity contribution in [2.45, 2.75) is 32.6 Å². The predicted octanol–water partition coefficient (Wildman–Crippen LogP) is 3.52. The van der Waals surface area contributed by atoms with Crippen molar-refractivity contribution in [3.8, 4) is 0 Å². The predicted molar refractivity (Wildman–Crippen MR) is 100 cm³/mol. The fourth-order valence-corrected chi connectivity index (χ4v) is 2.78. The Labute approximate surface area is 148 Å². The Morgan fingerprint density at radius 3 is 2.40 bits per heavy atom. The van der Waals surface area contributed by atoms with Crippen molar-refractivity contribution in [1.29, 1.82) is 0 Å². The van der Waals surface area contributed by atoms with Gasteiger partial charge in [0.2, 0.25) is 0 Å². The Morgan fingerprint density at radius 2 is 1.80 bits per heavy atom. The van der Waals surface area contributed by atoms with Crippen LogP contribution in [0.1, 0.15) is 42.4 Å². The van der Waals surface area contributed by atoms with E-state index in [1.54, 1.807) is 10.7 Å². The molecule has 2 aromatic heterocycles. The first-order chi connectivity index (χ1) is 11.8. The Hall–Kier alpha value is -2.69. The zero-order valence-electron chi connectivity index (χ0n) is 15.4. The molecule has 0 aliphatic heterocycles. The lowest BCUT2D eigenvalue weighted by Gasteiger charge is -2.19. The van der Waals surface area contributed by atoms with E-state index < -0.39 is 0 Å². The molecule has 3 rings (SSSR count). The number of nitrogens with zero attached hydrogens (tertiary/aromatic N) is 4. The van der Waals surface area contributed by atoms with Crippen LogP contribution < -0.4 is 4.90 Å². The van der Waals surface area contributed by atoms with Gasteiger partial charge in [-0.3, -0.25) is 4.79 Å². The molecule has 0 N–H and O–H groups in total. The van der Waals surface area contributed by atoms with E-state index in [1.165, 1.54) is 5.56 Å². The monoisotopic (exact) mass is 336 g/mol. The van der Waals surface area contributed by atoms with Crippen LogP contribution >= 0.6 is 0 Å². The minimum absolute atomic E-state index is 0.0709. The van der Waals surface area contributed by atoms with Crippen molar-refractivity contribution < 1.29 is 4.79 Å². The number of Topliss-reactive ketones (excluding diaryl/α,β-unsaturated/α-hetero) is 1. The highest BCUT2D eigenvalue weighted by Crippen LogP contribution is 2.23. The van der Waals surface area contributed by atoms with E-state index in [0.29, 0.717) is 0 Å². The first-order valence-electron chi connectivity index (χ1n) is 8.40. The average molecular weight is 336 g/mol. The summed E-state index contributed by atoms with van der Waals surface area (Å²) in [5.74, 6) is 0.974. The van der Waals surface area contributed by atoms with Gasteiger partial charge >= 0.3 is 0 Å². The van der Waals surface area contributed by atoms with E-state index in [4.69, 9.17) is 0 Å². The van der Waals surface area contributed by atoms with Gasteiger partial charge < -0.3 is 4.90 Å². The smallest absolute Gasteiger partial charge is 0.168 e. The van der Waals surface area contributed by atoms with Gasteiger partial charge in [-0.1, -0.05) is 45.0 Å². The average Bonchev–Trinajstić information content (AvgIpc) is 3.01. The van der Waals surface area contributed by atoms with Gasteiger partial charge in [0.15, 0.2) is 11.4 Å². The molecule has 2 heterocycles. The summed E-state index contributed by atoms with van der Waals surface area (Å²) in [6.45, 7) is 6.49. The van der Waals surface area contributed by atoms with Gasteiger partial charge in [-0.15, -0.1) is 0 Å². The largest absolute Gasteiger partial charge is 0.363 e. The Morgan fingerprint density at radius 1 is 1.12 bits per heavy atom. The molecule has 0 radical (unpaired) electrons. The highest BCUT2D eigenvalue weighted by Gasteiger charge is 2.16. The molecular formula is C20H24N4O. The number of carbonyl (C=O) groups is 1. The van der Waals surface area contributed by atoms with Gasteiger partial charge in [-0.05, 0) is 11.0 Å². The molecule has 5 nitrogen and oxygen atoms in total. The minimum Gasteiger partial charge on any atom is -0.363 e. The number of anilines is 1. The third-order valence-electron chi connectivity index (χ3n) is 4.27. The molecule has 0 amide bonds. The SMILES string of the molecule is CN(C)c1cc(CC(=O)c2ccc(C(C)(C)C)cc2)nc2ccnn12. The molecule has 0 spiro atoms. The van der Waals surface area contributed by atoms with Crippen LogP contribution in [0, 0.1) is 0 Å². The number of rotatable bonds is 4. The third kappa shape index (κ3) is 3.55. The van der Waals surface area contributed by atoms with Gasteiger partial charge in [-0.2, -0.15) is 9.61 Å². The second kappa shape index (κ2) is 6.31. The van der Waals surface area contributed by atoms with Crippen molar-refractivity contribution >= 4 is 17.2 Å². The molecule has 0 atom stereocenters. The molecule has 0 saturated heterocycles. The molecule has 0 fully saturated rings. The fourth-order valence-electron chi connectivity index (χ4n) is 2.78. The summed E-state index contributed by atoms with van der Waals surface area (Å²) in [6.07, 6.45) is 1.99. The first kappa shape index (κ1) is 17.1. The molecule has 0 aliphatic rings. The molecule has 0 aliphatic carbocycles. The number of ketones is 1. The molecule has 1 aromatic carbocycles. The lowest BCUT2D eigenvalue weighted by molar-refractivity contribution is 0.0992. The van der Waals surface area contributed by atoms with E-state index in [0.717, 1.165) is 22.7 Å². The van der Waals surface area contributed by atoms with Crippen LogP contribution in [-0.4, -0.2) is 34.5 Å². The van der Waals surface area contributed by atoms with E-state index in [2.05, 4.69) is 30.9 Å². The van der Waals surface area contributed by atoms with Crippen molar-refractivity contribution in [2.24, 2.45) is 0 Å². The molecular weight excluding hydrogens is 312 g/mol. The zero-order chi connectivity index (χ0) is 18.2. The van der Waals surface area contributed by atoms with Gasteiger partial charge in [0.25, 0.3) is 0 Å². The van der Waals surface area contributed by atoms with E-state index in [9.17, 15) is 4.79 Å². The maximum Gasteiger partial charge on any atom is 0.168 e. The Balaban J connectivity index is 1.87. The number of carbonyl (C=O) groups excluding carboxylic acids is 1. The van der Waals surface area contributed by atoms with Gasteiger partial charge in [0.05, 0.1) is 18.3 Å². The Bertz CT molecular complexity index is 902. The normalized spacial score (nSPS) is 11.7. The molecule has 3 aromatic rings. The molecule has 0 unspecified atom stereocenters. The zero-order valence-corrected chi connectivity index (χ0v) is 15.4. The number of fused-ring (bicyclic) bond motifs is 1. The summed E-state index contributed by atoms with van der Waals surface area (Å²) in [5.41, 5.74) is 3.52. The minimum atomic E-state index is 0.0709. The summed E-state index contributed by atoms with van der Waals surface area (Å²) in [7, 11) is 3.90. The fraction of sp³-hybridized carbons (Fsp3) is 0.350. The standard InChI is InChI=1S/C20H24N4O/c1-20(2,3)15-8-6-14(7-9-15)17(25)12-16-13-19(23(4)5)24-18(22-16)10-11-21-24/h6-11,13H,12H2,1-5H3. The summed E-state index contributed by atoms with van der Waals surface area (Å²) in [5, 5.41) is 4.28. The van der Waals surface area contributed by atoms with E-state index in [1.807, 2.05) is 55.4 Å². The second-order valence-corrected chi connectivity index (χ2v) is 7.53. The van der Waals surface area contributed by atoms with E-state index >= 15 is 0 Å². The quantitative estimate of drug-likeness (QED) is 0.684. The van der Waals surface area contributed by atoms with Crippen LogP contribution in [0.2, 0.25) is 0 Å². The maximum atomic E-state index is 12.7. The topological polar surface area (TPSA) is 50.5 Å². The summed E-state index contributed by atoms with van der Waals surface area (Å²) in [6, 6.07) is 11.7. The van der Waals surface area contributed by atoms with Crippen molar-refractivity contribution in [2.75, 3.05) is 19.0 Å². The molecule has 0 saturated carbocycles. The van der Waals surface area contributed by atoms with Crippen LogP contribution in [0.15, 0.2) is 42.6 Å². The van der Waals surface area contributed by atoms with Crippen molar-refractivity contribution in [1.82, 2.24) is 14.6 Å². The highest BCUT2D eigenvalue weighted by atomic mass is 16.1. The number of hydrogen-bond acceptors (Lipinski definition) is 4. The number of hydrogen-bond donors (Lipinski definition) is 0. The second-order valence-electron chi connectivity index (χ2n) is 7.53. The van der Waals surface area contributed by atoms with Crippen LogP contribution in [0.25, 0.3) is 5.65 Å². The molecule has 25 heavy (non-hydrogen) atoms. The third-order valence-corrected chi connectivity index (χ3v) is 4.27. The van der Waals surface area contributed by atoms with Crippen LogP contribution in [-0.2, 0) is 11.8 Å². The van der Waals surface area contributed by atoms with Gasteiger partial charge in [0.1, 0.15) is 5.82 Å². The Kier molecular flexibility index (Phi) is 4.33. The van der Waals surface area contributed by atoms with E-state index in [-0.39, 0.29) is 17.6 Å².